The van der Waals surface area contributed by atoms with Crippen molar-refractivity contribution in [1.82, 2.24) is 10.6 Å². The van der Waals surface area contributed by atoms with Crippen LogP contribution in [0.1, 0.15) is 25.5 Å². The molecule has 1 aliphatic rings. The third-order valence-electron chi connectivity index (χ3n) is 3.30. The van der Waals surface area contributed by atoms with Gasteiger partial charge in [-0.2, -0.15) is 0 Å². The van der Waals surface area contributed by atoms with E-state index < -0.39 is 18.0 Å². The second-order valence-corrected chi connectivity index (χ2v) is 4.72. The molecule has 0 spiro atoms. The molecule has 0 saturated carbocycles. The van der Waals surface area contributed by atoms with Gasteiger partial charge in [-0.05, 0) is 31.5 Å². The number of ether oxygens (including phenoxy) is 2. The van der Waals surface area contributed by atoms with Crippen LogP contribution >= 0.6 is 0 Å². The monoisotopic (exact) mass is 306 g/mol. The number of hydrogen-bond acceptors (Lipinski definition) is 5. The van der Waals surface area contributed by atoms with Crippen molar-refractivity contribution in [2.45, 2.75) is 19.9 Å². The number of amides is 2. The summed E-state index contributed by atoms with van der Waals surface area (Å²) in [6, 6.07) is 3.55. The van der Waals surface area contributed by atoms with Crippen LogP contribution in [0.15, 0.2) is 29.5 Å². The average Bonchev–Trinajstić information content (AvgIpc) is 2.46. The van der Waals surface area contributed by atoms with Crippen LogP contribution in [0.2, 0.25) is 0 Å². The van der Waals surface area contributed by atoms with E-state index in [0.29, 0.717) is 22.6 Å². The Morgan fingerprint density at radius 1 is 1.41 bits per heavy atom. The van der Waals surface area contributed by atoms with Crippen LogP contribution in [0.5, 0.6) is 11.5 Å². The highest BCUT2D eigenvalue weighted by Crippen LogP contribution is 2.33. The van der Waals surface area contributed by atoms with Crippen LogP contribution in [0.3, 0.4) is 0 Å². The molecular formula is C15H18N2O5. The molecule has 7 nitrogen and oxygen atoms in total. The van der Waals surface area contributed by atoms with E-state index in [-0.39, 0.29) is 12.4 Å². The molecule has 1 heterocycles. The molecule has 2 amide bonds. The van der Waals surface area contributed by atoms with Crippen molar-refractivity contribution in [3.8, 4) is 11.5 Å². The Labute approximate surface area is 127 Å². The van der Waals surface area contributed by atoms with Gasteiger partial charge in [-0.1, -0.05) is 6.07 Å². The number of phenols is 1. The van der Waals surface area contributed by atoms with Gasteiger partial charge in [0.05, 0.1) is 25.3 Å². The maximum atomic E-state index is 12.1. The normalized spacial score (nSPS) is 17.6. The lowest BCUT2D eigenvalue weighted by Crippen LogP contribution is -2.45. The fraction of sp³-hybridized carbons (Fsp3) is 0.333. The van der Waals surface area contributed by atoms with Crippen molar-refractivity contribution in [1.29, 1.82) is 0 Å². The number of esters is 1. The van der Waals surface area contributed by atoms with Gasteiger partial charge in [0.2, 0.25) is 0 Å². The number of aromatic hydroxyl groups is 1. The zero-order valence-corrected chi connectivity index (χ0v) is 12.6. The molecular weight excluding hydrogens is 288 g/mol. The summed E-state index contributed by atoms with van der Waals surface area (Å²) in [5, 5.41) is 15.1. The lowest BCUT2D eigenvalue weighted by atomic mass is 9.95. The molecule has 0 aromatic heterocycles. The van der Waals surface area contributed by atoms with Crippen molar-refractivity contribution >= 4 is 12.0 Å². The SMILES string of the molecule is CCOC(=O)C1=C(C)NC(=O)N[C@H]1c1ccc(OC)c(O)c1. The molecule has 0 unspecified atom stereocenters. The molecule has 0 aliphatic carbocycles. The number of carbonyl (C=O) groups excluding carboxylic acids is 2. The first-order valence-corrected chi connectivity index (χ1v) is 6.80. The van der Waals surface area contributed by atoms with Gasteiger partial charge in [-0.15, -0.1) is 0 Å². The first kappa shape index (κ1) is 15.7. The number of benzene rings is 1. The zero-order chi connectivity index (χ0) is 16.3. The Hall–Kier alpha value is -2.70. The molecule has 1 aromatic rings. The van der Waals surface area contributed by atoms with Crippen LogP contribution in [0.25, 0.3) is 0 Å². The Balaban J connectivity index is 2.45. The van der Waals surface area contributed by atoms with Crippen LogP contribution in [-0.4, -0.2) is 30.8 Å². The first-order valence-electron chi connectivity index (χ1n) is 6.80. The molecule has 3 N–H and O–H groups in total. The number of phenolic OH excluding ortho intramolecular Hbond substituents is 1. The molecule has 1 aromatic carbocycles. The summed E-state index contributed by atoms with van der Waals surface area (Å²) in [7, 11) is 1.44. The van der Waals surface area contributed by atoms with Gasteiger partial charge < -0.3 is 25.2 Å². The Morgan fingerprint density at radius 3 is 2.73 bits per heavy atom. The summed E-state index contributed by atoms with van der Waals surface area (Å²) < 4.78 is 10.0. The number of carbonyl (C=O) groups is 2. The molecule has 7 heteroatoms. The zero-order valence-electron chi connectivity index (χ0n) is 12.6. The second-order valence-electron chi connectivity index (χ2n) is 4.72. The molecule has 2 rings (SSSR count). The highest BCUT2D eigenvalue weighted by molar-refractivity contribution is 5.95. The number of methoxy groups -OCH3 is 1. The Morgan fingerprint density at radius 2 is 2.14 bits per heavy atom. The predicted molar refractivity (Wildman–Crippen MR) is 78.4 cm³/mol. The maximum absolute atomic E-state index is 12.1. The van der Waals surface area contributed by atoms with E-state index in [2.05, 4.69) is 10.6 Å². The number of allylic oxidation sites excluding steroid dienone is 1. The minimum absolute atomic E-state index is 0.0753. The summed E-state index contributed by atoms with van der Waals surface area (Å²) in [5.74, 6) is -0.288. The van der Waals surface area contributed by atoms with Crippen LogP contribution in [-0.2, 0) is 9.53 Å². The van der Waals surface area contributed by atoms with Gasteiger partial charge >= 0.3 is 12.0 Å². The number of rotatable bonds is 4. The third-order valence-corrected chi connectivity index (χ3v) is 3.30. The van der Waals surface area contributed by atoms with Crippen molar-refractivity contribution in [3.05, 3.63) is 35.0 Å². The van der Waals surface area contributed by atoms with Crippen molar-refractivity contribution in [2.24, 2.45) is 0 Å². The molecule has 118 valence electrons. The van der Waals surface area contributed by atoms with E-state index in [0.717, 1.165) is 0 Å². The van der Waals surface area contributed by atoms with E-state index in [1.807, 2.05) is 0 Å². The molecule has 0 fully saturated rings. The number of urea groups is 1. The highest BCUT2D eigenvalue weighted by Gasteiger charge is 2.32. The summed E-state index contributed by atoms with van der Waals surface area (Å²) in [5.41, 5.74) is 1.27. The summed E-state index contributed by atoms with van der Waals surface area (Å²) >= 11 is 0. The van der Waals surface area contributed by atoms with Gasteiger partial charge in [-0.3, -0.25) is 0 Å². The van der Waals surface area contributed by atoms with E-state index in [9.17, 15) is 14.7 Å². The van der Waals surface area contributed by atoms with Gasteiger partial charge in [-0.25, -0.2) is 9.59 Å². The predicted octanol–water partition coefficient (Wildman–Crippen LogP) is 1.59. The topological polar surface area (TPSA) is 96.9 Å². The Bertz CT molecular complexity index is 639. The minimum atomic E-state index is -0.704. The van der Waals surface area contributed by atoms with E-state index in [1.165, 1.54) is 13.2 Å². The molecule has 0 radical (unpaired) electrons. The third kappa shape index (κ3) is 2.98. The Kier molecular flexibility index (Phi) is 4.55. The second kappa shape index (κ2) is 6.38. The van der Waals surface area contributed by atoms with Gasteiger partial charge in [0.25, 0.3) is 0 Å². The number of hydrogen-bond donors (Lipinski definition) is 3. The summed E-state index contributed by atoms with van der Waals surface area (Å²) in [4.78, 5) is 23.8. The van der Waals surface area contributed by atoms with Crippen molar-refractivity contribution in [2.75, 3.05) is 13.7 Å². The van der Waals surface area contributed by atoms with E-state index in [4.69, 9.17) is 9.47 Å². The first-order chi connectivity index (χ1) is 10.5. The lowest BCUT2D eigenvalue weighted by molar-refractivity contribution is -0.139. The minimum Gasteiger partial charge on any atom is -0.504 e. The van der Waals surface area contributed by atoms with Crippen LogP contribution < -0.4 is 15.4 Å². The van der Waals surface area contributed by atoms with Gasteiger partial charge in [0.15, 0.2) is 11.5 Å². The molecule has 22 heavy (non-hydrogen) atoms. The summed E-state index contributed by atoms with van der Waals surface area (Å²) in [6.07, 6.45) is 0. The largest absolute Gasteiger partial charge is 0.504 e. The average molecular weight is 306 g/mol. The molecule has 0 bridgehead atoms. The molecule has 1 aliphatic heterocycles. The smallest absolute Gasteiger partial charge is 0.338 e. The standard InChI is InChI=1S/C15H18N2O5/c1-4-22-14(19)12-8(2)16-15(20)17-13(12)9-5-6-11(21-3)10(18)7-9/h5-7,13,18H,4H2,1-3H3,(H2,16,17,20)/t13-/m0/s1. The lowest BCUT2D eigenvalue weighted by Gasteiger charge is -2.28. The van der Waals surface area contributed by atoms with E-state index in [1.54, 1.807) is 26.0 Å². The number of nitrogens with one attached hydrogen (secondary N) is 2. The van der Waals surface area contributed by atoms with Crippen LogP contribution in [0.4, 0.5) is 4.79 Å². The molecule has 0 saturated heterocycles. The fourth-order valence-electron chi connectivity index (χ4n) is 2.31. The summed E-state index contributed by atoms with van der Waals surface area (Å²) in [6.45, 7) is 3.56. The van der Waals surface area contributed by atoms with Gasteiger partial charge in [0, 0.05) is 5.70 Å². The quantitative estimate of drug-likeness (QED) is 0.734. The van der Waals surface area contributed by atoms with E-state index >= 15 is 0 Å². The molecule has 1 atom stereocenters. The highest BCUT2D eigenvalue weighted by atomic mass is 16.5. The fourth-order valence-corrected chi connectivity index (χ4v) is 2.31. The van der Waals surface area contributed by atoms with Crippen LogP contribution in [0, 0.1) is 0 Å². The van der Waals surface area contributed by atoms with Crippen molar-refractivity contribution in [3.63, 3.8) is 0 Å². The maximum Gasteiger partial charge on any atom is 0.338 e. The van der Waals surface area contributed by atoms with Gasteiger partial charge in [0.1, 0.15) is 0 Å². The van der Waals surface area contributed by atoms with Crippen molar-refractivity contribution < 1.29 is 24.2 Å².